The van der Waals surface area contributed by atoms with Crippen LogP contribution >= 0.6 is 0 Å². The van der Waals surface area contributed by atoms with Gasteiger partial charge in [0.2, 0.25) is 5.91 Å². The van der Waals surface area contributed by atoms with Crippen molar-refractivity contribution in [2.24, 2.45) is 0 Å². The number of nitrogens with zero attached hydrogens (tertiary/aromatic N) is 1. The number of likely N-dealkylation sites (tertiary alicyclic amines) is 1. The number of rotatable bonds is 4. The normalized spacial score (nSPS) is 19.5. The van der Waals surface area contributed by atoms with Gasteiger partial charge in [-0.3, -0.25) is 4.79 Å². The van der Waals surface area contributed by atoms with E-state index in [4.69, 9.17) is 10.2 Å². The van der Waals surface area contributed by atoms with Gasteiger partial charge in [-0.25, -0.2) is 4.79 Å². The van der Waals surface area contributed by atoms with Crippen LogP contribution in [-0.4, -0.2) is 46.2 Å². The predicted molar refractivity (Wildman–Crippen MR) is 48.7 cm³/mol. The molecule has 1 aliphatic rings. The van der Waals surface area contributed by atoms with Crippen molar-refractivity contribution in [1.29, 1.82) is 0 Å². The van der Waals surface area contributed by atoms with Crippen molar-refractivity contribution in [1.82, 2.24) is 4.90 Å². The van der Waals surface area contributed by atoms with Gasteiger partial charge in [-0.1, -0.05) is 0 Å². The predicted octanol–water partition coefficient (Wildman–Crippen LogP) is -0.166. The molecule has 0 aromatic carbocycles. The summed E-state index contributed by atoms with van der Waals surface area (Å²) in [5, 5.41) is 17.4. The summed E-state index contributed by atoms with van der Waals surface area (Å²) in [4.78, 5) is 23.2. The molecule has 5 nitrogen and oxygen atoms in total. The number of carboxylic acids is 1. The molecule has 2 N–H and O–H groups in total. The molecule has 1 rings (SSSR count). The Morgan fingerprint density at radius 1 is 1.50 bits per heavy atom. The van der Waals surface area contributed by atoms with Crippen molar-refractivity contribution < 1.29 is 19.8 Å². The summed E-state index contributed by atoms with van der Waals surface area (Å²) in [6.45, 7) is 1.03. The van der Waals surface area contributed by atoms with Gasteiger partial charge >= 0.3 is 5.97 Å². The zero-order valence-electron chi connectivity index (χ0n) is 7.98. The van der Waals surface area contributed by atoms with Gasteiger partial charge in [-0.05, 0) is 12.8 Å². The molecule has 0 aromatic heterocycles. The number of piperidine rings is 1. The Balaban J connectivity index is 2.29. The van der Waals surface area contributed by atoms with Crippen molar-refractivity contribution in [3.05, 3.63) is 0 Å². The standard InChI is InChI=1S/C9H15NO4/c11-7(9(13)14)4-6-10-5-2-1-3-8(10)12/h7,11H,1-6H2,(H,13,14). The number of aliphatic hydroxyl groups is 1. The first-order valence-corrected chi connectivity index (χ1v) is 4.80. The van der Waals surface area contributed by atoms with Crippen LogP contribution in [0.3, 0.4) is 0 Å². The number of carbonyl (C=O) groups is 2. The summed E-state index contributed by atoms with van der Waals surface area (Å²) in [7, 11) is 0. The summed E-state index contributed by atoms with van der Waals surface area (Å²) >= 11 is 0. The van der Waals surface area contributed by atoms with E-state index in [2.05, 4.69) is 0 Å². The third kappa shape index (κ3) is 2.99. The van der Waals surface area contributed by atoms with E-state index in [1.165, 1.54) is 0 Å². The number of carbonyl (C=O) groups excluding carboxylic acids is 1. The Kier molecular flexibility index (Phi) is 3.88. The molecule has 1 heterocycles. The zero-order valence-corrected chi connectivity index (χ0v) is 7.98. The van der Waals surface area contributed by atoms with Gasteiger partial charge < -0.3 is 15.1 Å². The minimum absolute atomic E-state index is 0.0637. The second-order valence-corrected chi connectivity index (χ2v) is 3.48. The minimum atomic E-state index is -1.36. The maximum atomic E-state index is 11.3. The largest absolute Gasteiger partial charge is 0.479 e. The lowest BCUT2D eigenvalue weighted by Crippen LogP contribution is -2.38. The van der Waals surface area contributed by atoms with Crippen LogP contribution < -0.4 is 0 Å². The van der Waals surface area contributed by atoms with Crippen LogP contribution in [-0.2, 0) is 9.59 Å². The highest BCUT2D eigenvalue weighted by Crippen LogP contribution is 2.11. The van der Waals surface area contributed by atoms with Gasteiger partial charge in [0.15, 0.2) is 6.10 Å². The number of amides is 1. The van der Waals surface area contributed by atoms with E-state index in [0.717, 1.165) is 12.8 Å². The highest BCUT2D eigenvalue weighted by Gasteiger charge is 2.20. The van der Waals surface area contributed by atoms with E-state index in [9.17, 15) is 9.59 Å². The lowest BCUT2D eigenvalue weighted by atomic mass is 10.1. The maximum Gasteiger partial charge on any atom is 0.332 e. The molecule has 14 heavy (non-hydrogen) atoms. The minimum Gasteiger partial charge on any atom is -0.479 e. The molecular weight excluding hydrogens is 186 g/mol. The second-order valence-electron chi connectivity index (χ2n) is 3.48. The molecule has 0 saturated carbocycles. The SMILES string of the molecule is O=C(O)C(O)CCN1CCCCC1=O. The smallest absolute Gasteiger partial charge is 0.332 e. The molecule has 0 aliphatic carbocycles. The number of aliphatic carboxylic acids is 1. The Morgan fingerprint density at radius 3 is 2.79 bits per heavy atom. The van der Waals surface area contributed by atoms with Crippen LogP contribution in [0.2, 0.25) is 0 Å². The average molecular weight is 201 g/mol. The highest BCUT2D eigenvalue weighted by molar-refractivity contribution is 5.77. The Labute approximate surface area is 82.3 Å². The Hall–Kier alpha value is -1.10. The van der Waals surface area contributed by atoms with Crippen LogP contribution in [0.5, 0.6) is 0 Å². The molecule has 0 bridgehead atoms. The van der Waals surface area contributed by atoms with E-state index >= 15 is 0 Å². The quantitative estimate of drug-likeness (QED) is 0.662. The van der Waals surface area contributed by atoms with E-state index in [-0.39, 0.29) is 12.3 Å². The summed E-state index contributed by atoms with van der Waals surface area (Å²) in [5.74, 6) is -1.16. The van der Waals surface area contributed by atoms with Gasteiger partial charge in [0.1, 0.15) is 0 Å². The zero-order chi connectivity index (χ0) is 10.6. The van der Waals surface area contributed by atoms with Crippen molar-refractivity contribution in [2.45, 2.75) is 31.8 Å². The summed E-state index contributed by atoms with van der Waals surface area (Å²) in [5.41, 5.74) is 0. The van der Waals surface area contributed by atoms with Crippen LogP contribution in [0.1, 0.15) is 25.7 Å². The van der Waals surface area contributed by atoms with Gasteiger partial charge in [0.25, 0.3) is 0 Å². The summed E-state index contributed by atoms with van der Waals surface area (Å²) in [6.07, 6.45) is 1.18. The first-order chi connectivity index (χ1) is 6.61. The summed E-state index contributed by atoms with van der Waals surface area (Å²) < 4.78 is 0. The lowest BCUT2D eigenvalue weighted by molar-refractivity contribution is -0.148. The molecule has 80 valence electrons. The third-order valence-corrected chi connectivity index (χ3v) is 2.38. The van der Waals surface area contributed by atoms with E-state index < -0.39 is 12.1 Å². The van der Waals surface area contributed by atoms with Crippen molar-refractivity contribution in [2.75, 3.05) is 13.1 Å². The molecule has 1 unspecified atom stereocenters. The van der Waals surface area contributed by atoms with Crippen LogP contribution in [0.4, 0.5) is 0 Å². The van der Waals surface area contributed by atoms with Gasteiger partial charge in [-0.2, -0.15) is 0 Å². The fourth-order valence-corrected chi connectivity index (χ4v) is 1.50. The maximum absolute atomic E-state index is 11.3. The first kappa shape index (κ1) is 11.0. The van der Waals surface area contributed by atoms with Crippen molar-refractivity contribution in [3.8, 4) is 0 Å². The van der Waals surface area contributed by atoms with Gasteiger partial charge in [0.05, 0.1) is 0 Å². The Morgan fingerprint density at radius 2 is 2.21 bits per heavy atom. The van der Waals surface area contributed by atoms with Gasteiger partial charge in [0, 0.05) is 25.9 Å². The average Bonchev–Trinajstić information content (AvgIpc) is 2.16. The fourth-order valence-electron chi connectivity index (χ4n) is 1.50. The molecule has 1 fully saturated rings. The number of hydrogen-bond acceptors (Lipinski definition) is 3. The Bertz CT molecular complexity index is 229. The van der Waals surface area contributed by atoms with Crippen molar-refractivity contribution >= 4 is 11.9 Å². The molecule has 1 amide bonds. The number of carboxylic acid groups (broad SMARTS) is 1. The molecule has 1 atom stereocenters. The van der Waals surface area contributed by atoms with E-state index in [1.54, 1.807) is 4.90 Å². The van der Waals surface area contributed by atoms with E-state index in [0.29, 0.717) is 19.5 Å². The monoisotopic (exact) mass is 201 g/mol. The first-order valence-electron chi connectivity index (χ1n) is 4.80. The summed E-state index contributed by atoms with van der Waals surface area (Å²) in [6, 6.07) is 0. The fraction of sp³-hybridized carbons (Fsp3) is 0.778. The molecule has 5 heteroatoms. The topological polar surface area (TPSA) is 77.8 Å². The van der Waals surface area contributed by atoms with Crippen LogP contribution in [0.25, 0.3) is 0 Å². The highest BCUT2D eigenvalue weighted by atomic mass is 16.4. The number of hydrogen-bond donors (Lipinski definition) is 2. The molecular formula is C9H15NO4. The molecule has 0 aromatic rings. The molecule has 0 radical (unpaired) electrons. The van der Waals surface area contributed by atoms with Crippen molar-refractivity contribution in [3.63, 3.8) is 0 Å². The molecule has 0 spiro atoms. The van der Waals surface area contributed by atoms with Gasteiger partial charge in [-0.15, -0.1) is 0 Å². The molecule has 1 aliphatic heterocycles. The number of aliphatic hydroxyl groups excluding tert-OH is 1. The van der Waals surface area contributed by atoms with Crippen LogP contribution in [0.15, 0.2) is 0 Å². The van der Waals surface area contributed by atoms with E-state index in [1.807, 2.05) is 0 Å². The molecule has 1 saturated heterocycles. The third-order valence-electron chi connectivity index (χ3n) is 2.38. The van der Waals surface area contributed by atoms with Crippen LogP contribution in [0, 0.1) is 0 Å². The second kappa shape index (κ2) is 4.95. The lowest BCUT2D eigenvalue weighted by Gasteiger charge is -2.26.